The molecule has 4 rings (SSSR count). The molecule has 0 amide bonds. The van der Waals surface area contributed by atoms with Crippen molar-refractivity contribution >= 4 is 49.6 Å². The smallest absolute Gasteiger partial charge is 0.296 e. The summed E-state index contributed by atoms with van der Waals surface area (Å²) in [5.41, 5.74) is 0.251. The second-order valence-electron chi connectivity index (χ2n) is 5.40. The van der Waals surface area contributed by atoms with Crippen LogP contribution in [0, 0.1) is 0 Å². The Bertz CT molecular complexity index is 1130. The molecular formula is C15H8BrClF3N5. The van der Waals surface area contributed by atoms with Gasteiger partial charge in [0.15, 0.2) is 5.65 Å². The Labute approximate surface area is 152 Å². The van der Waals surface area contributed by atoms with Gasteiger partial charge in [-0.15, -0.1) is 0 Å². The number of benzene rings is 1. The van der Waals surface area contributed by atoms with Gasteiger partial charge in [-0.1, -0.05) is 11.6 Å². The second-order valence-corrected chi connectivity index (χ2v) is 6.59. The van der Waals surface area contributed by atoms with Crippen molar-refractivity contribution in [3.05, 3.63) is 45.7 Å². The van der Waals surface area contributed by atoms with E-state index < -0.39 is 11.7 Å². The number of alkyl halides is 3. The molecule has 0 aliphatic carbocycles. The topological polar surface area (TPSA) is 48.5 Å². The highest BCUT2D eigenvalue weighted by molar-refractivity contribution is 9.10. The first-order valence-corrected chi connectivity index (χ1v) is 8.16. The molecule has 0 N–H and O–H groups in total. The van der Waals surface area contributed by atoms with Gasteiger partial charge in [0.25, 0.3) is 0 Å². The summed E-state index contributed by atoms with van der Waals surface area (Å²) in [7, 11) is 1.66. The van der Waals surface area contributed by atoms with Crippen LogP contribution < -0.4 is 0 Å². The summed E-state index contributed by atoms with van der Waals surface area (Å²) < 4.78 is 42.3. The number of aryl methyl sites for hydroxylation is 1. The van der Waals surface area contributed by atoms with Gasteiger partial charge in [-0.2, -0.15) is 23.0 Å². The van der Waals surface area contributed by atoms with Crippen LogP contribution >= 0.6 is 27.5 Å². The van der Waals surface area contributed by atoms with Gasteiger partial charge in [-0.25, -0.2) is 9.97 Å². The maximum atomic E-state index is 12.9. The van der Waals surface area contributed by atoms with Crippen molar-refractivity contribution < 1.29 is 13.2 Å². The van der Waals surface area contributed by atoms with Crippen molar-refractivity contribution in [2.45, 2.75) is 6.18 Å². The van der Waals surface area contributed by atoms with Crippen molar-refractivity contribution in [3.8, 4) is 5.95 Å². The number of hydrogen-bond donors (Lipinski definition) is 0. The van der Waals surface area contributed by atoms with Crippen LogP contribution in [-0.2, 0) is 13.2 Å². The zero-order valence-corrected chi connectivity index (χ0v) is 14.9. The fourth-order valence-electron chi connectivity index (χ4n) is 2.57. The highest BCUT2D eigenvalue weighted by Crippen LogP contribution is 2.32. The first kappa shape index (κ1) is 16.3. The van der Waals surface area contributed by atoms with Crippen LogP contribution in [-0.4, -0.2) is 24.3 Å². The average molecular weight is 431 g/mol. The molecule has 3 aromatic heterocycles. The maximum Gasteiger partial charge on any atom is 0.417 e. The van der Waals surface area contributed by atoms with E-state index in [0.717, 1.165) is 17.6 Å². The largest absolute Gasteiger partial charge is 0.417 e. The van der Waals surface area contributed by atoms with Crippen LogP contribution in [0.25, 0.3) is 28.0 Å². The van der Waals surface area contributed by atoms with Crippen LogP contribution in [0.5, 0.6) is 0 Å². The van der Waals surface area contributed by atoms with E-state index in [1.165, 1.54) is 4.68 Å². The summed E-state index contributed by atoms with van der Waals surface area (Å²) in [4.78, 5) is 8.17. The normalized spacial score (nSPS) is 12.4. The van der Waals surface area contributed by atoms with Crippen molar-refractivity contribution in [3.63, 3.8) is 0 Å². The summed E-state index contributed by atoms with van der Waals surface area (Å²) >= 11 is 9.43. The minimum Gasteiger partial charge on any atom is -0.296 e. The Morgan fingerprint density at radius 3 is 2.64 bits per heavy atom. The van der Waals surface area contributed by atoms with Gasteiger partial charge in [0.1, 0.15) is 10.1 Å². The number of imidazole rings is 1. The lowest BCUT2D eigenvalue weighted by Gasteiger charge is -2.05. The summed E-state index contributed by atoms with van der Waals surface area (Å²) in [6.45, 7) is 0. The lowest BCUT2D eigenvalue weighted by molar-refractivity contribution is -0.137. The lowest BCUT2D eigenvalue weighted by atomic mass is 10.2. The SMILES string of the molecule is Cn1c(-n2nc3cc(Cl)ccc3c2Br)nc2cc(C(F)(F)F)cnc21. The van der Waals surface area contributed by atoms with Crippen LogP contribution in [0.15, 0.2) is 35.1 Å². The van der Waals surface area contributed by atoms with Gasteiger partial charge in [-0.05, 0) is 40.2 Å². The molecule has 0 saturated carbocycles. The van der Waals surface area contributed by atoms with Gasteiger partial charge in [0.2, 0.25) is 5.95 Å². The summed E-state index contributed by atoms with van der Waals surface area (Å²) in [6.07, 6.45) is -3.68. The molecular weight excluding hydrogens is 423 g/mol. The number of aromatic nitrogens is 5. The van der Waals surface area contributed by atoms with Crippen LogP contribution in [0.2, 0.25) is 5.02 Å². The standard InChI is InChI=1S/C15H8BrClF3N5/c1-24-13-11(4-7(6-21-13)15(18,19)20)22-14(24)25-12(16)9-3-2-8(17)5-10(9)23-25/h2-6H,1H3. The van der Waals surface area contributed by atoms with Gasteiger partial charge < -0.3 is 0 Å². The average Bonchev–Trinajstić information content (AvgIpc) is 3.03. The Balaban J connectivity index is 1.95. The van der Waals surface area contributed by atoms with E-state index in [9.17, 15) is 13.2 Å². The van der Waals surface area contributed by atoms with Gasteiger partial charge in [0, 0.05) is 23.7 Å². The molecule has 0 saturated heterocycles. The molecule has 0 spiro atoms. The molecule has 0 aliphatic heterocycles. The molecule has 10 heteroatoms. The minimum atomic E-state index is -4.48. The lowest BCUT2D eigenvalue weighted by Crippen LogP contribution is -2.06. The Kier molecular flexibility index (Phi) is 3.55. The molecule has 128 valence electrons. The van der Waals surface area contributed by atoms with Crippen LogP contribution in [0.1, 0.15) is 5.56 Å². The van der Waals surface area contributed by atoms with E-state index in [2.05, 4.69) is 31.0 Å². The van der Waals surface area contributed by atoms with Crippen LogP contribution in [0.3, 0.4) is 0 Å². The van der Waals surface area contributed by atoms with E-state index in [1.807, 2.05) is 0 Å². The highest BCUT2D eigenvalue weighted by atomic mass is 79.9. The predicted molar refractivity (Wildman–Crippen MR) is 90.8 cm³/mol. The summed E-state index contributed by atoms with van der Waals surface area (Å²) in [5, 5.41) is 5.76. The minimum absolute atomic E-state index is 0.136. The molecule has 0 aliphatic rings. The van der Waals surface area contributed by atoms with E-state index in [4.69, 9.17) is 11.6 Å². The van der Waals surface area contributed by atoms with Crippen molar-refractivity contribution in [1.82, 2.24) is 24.3 Å². The fourth-order valence-corrected chi connectivity index (χ4v) is 3.31. The molecule has 0 bridgehead atoms. The molecule has 5 nitrogen and oxygen atoms in total. The Hall–Kier alpha value is -2.13. The number of fused-ring (bicyclic) bond motifs is 2. The fraction of sp³-hybridized carbons (Fsp3) is 0.133. The summed E-state index contributed by atoms with van der Waals surface area (Å²) in [5.74, 6) is 0.334. The third-order valence-corrected chi connectivity index (χ3v) is 4.78. The Morgan fingerprint density at radius 2 is 1.92 bits per heavy atom. The van der Waals surface area contributed by atoms with E-state index in [-0.39, 0.29) is 5.52 Å². The molecule has 3 heterocycles. The summed E-state index contributed by atoms with van der Waals surface area (Å²) in [6, 6.07) is 6.20. The molecule has 0 fully saturated rings. The molecule has 0 unspecified atom stereocenters. The zero-order chi connectivity index (χ0) is 17.9. The first-order chi connectivity index (χ1) is 11.8. The molecule has 4 aromatic rings. The monoisotopic (exact) mass is 429 g/mol. The first-order valence-electron chi connectivity index (χ1n) is 6.99. The van der Waals surface area contributed by atoms with Gasteiger partial charge in [0.05, 0.1) is 11.1 Å². The Morgan fingerprint density at radius 1 is 1.16 bits per heavy atom. The maximum absolute atomic E-state index is 12.9. The van der Waals surface area contributed by atoms with E-state index in [0.29, 0.717) is 26.7 Å². The zero-order valence-electron chi connectivity index (χ0n) is 12.5. The number of pyridine rings is 1. The van der Waals surface area contributed by atoms with E-state index >= 15 is 0 Å². The quantitative estimate of drug-likeness (QED) is 0.438. The number of rotatable bonds is 1. The third kappa shape index (κ3) is 2.58. The van der Waals surface area contributed by atoms with E-state index in [1.54, 1.807) is 29.8 Å². The van der Waals surface area contributed by atoms with Crippen LogP contribution in [0.4, 0.5) is 13.2 Å². The molecule has 25 heavy (non-hydrogen) atoms. The predicted octanol–water partition coefficient (Wildman–Crippen LogP) is 4.74. The number of halogens is 5. The van der Waals surface area contributed by atoms with Crippen molar-refractivity contribution in [2.24, 2.45) is 7.05 Å². The van der Waals surface area contributed by atoms with Crippen molar-refractivity contribution in [2.75, 3.05) is 0 Å². The molecule has 0 radical (unpaired) electrons. The number of nitrogens with zero attached hydrogens (tertiary/aromatic N) is 5. The molecule has 1 aromatic carbocycles. The molecule has 0 atom stereocenters. The van der Waals surface area contributed by atoms with Gasteiger partial charge in [-0.3, -0.25) is 4.57 Å². The third-order valence-electron chi connectivity index (χ3n) is 3.78. The van der Waals surface area contributed by atoms with Crippen molar-refractivity contribution in [1.29, 1.82) is 0 Å². The second kappa shape index (κ2) is 5.43. The number of hydrogen-bond acceptors (Lipinski definition) is 3. The highest BCUT2D eigenvalue weighted by Gasteiger charge is 2.32. The van der Waals surface area contributed by atoms with Gasteiger partial charge >= 0.3 is 6.18 Å².